The highest BCUT2D eigenvalue weighted by Crippen LogP contribution is 2.36. The number of aromatic nitrogens is 1. The van der Waals surface area contributed by atoms with E-state index in [0.717, 1.165) is 16.7 Å². The van der Waals surface area contributed by atoms with E-state index in [0.29, 0.717) is 51.1 Å². The molecule has 0 saturated carbocycles. The first-order chi connectivity index (χ1) is 21.5. The molecule has 0 radical (unpaired) electrons. The minimum Gasteiger partial charge on any atom is -0.491 e. The third-order valence-electron chi connectivity index (χ3n) is 6.79. The van der Waals surface area contributed by atoms with Crippen LogP contribution >= 0.6 is 66.4 Å². The topological polar surface area (TPSA) is 79.1 Å². The number of nitrogens with zero attached hydrogens (tertiary/aromatic N) is 2. The van der Waals surface area contributed by atoms with E-state index >= 15 is 0 Å². The number of thiazole rings is 1. The number of esters is 1. The predicted molar refractivity (Wildman–Crippen MR) is 185 cm³/mol. The Hall–Kier alpha value is -2.89. The molecule has 12 heteroatoms. The minimum atomic E-state index is -0.718. The first-order valence-corrected chi connectivity index (χ1v) is 17.1. The summed E-state index contributed by atoms with van der Waals surface area (Å²) in [7, 11) is 0. The molecule has 4 aromatic rings. The molecule has 0 fully saturated rings. The molecule has 45 heavy (non-hydrogen) atoms. The fraction of sp³-hybridized carbons (Fsp3) is 0.242. The quantitative estimate of drug-likeness (QED) is 0.161. The van der Waals surface area contributed by atoms with Gasteiger partial charge in [-0.2, -0.15) is 0 Å². The van der Waals surface area contributed by atoms with Crippen LogP contribution in [0.25, 0.3) is 6.08 Å². The van der Waals surface area contributed by atoms with Crippen LogP contribution in [0.4, 0.5) is 0 Å². The van der Waals surface area contributed by atoms with Crippen molar-refractivity contribution >= 4 is 78.4 Å². The maximum Gasteiger partial charge on any atom is 0.338 e. The van der Waals surface area contributed by atoms with Gasteiger partial charge in [0.25, 0.3) is 5.56 Å². The Bertz CT molecular complexity index is 1960. The van der Waals surface area contributed by atoms with Gasteiger partial charge in [0.2, 0.25) is 0 Å². The molecule has 1 aromatic heterocycles. The smallest absolute Gasteiger partial charge is 0.338 e. The largest absolute Gasteiger partial charge is 0.491 e. The second-order valence-corrected chi connectivity index (χ2v) is 13.9. The molecule has 0 aliphatic carbocycles. The van der Waals surface area contributed by atoms with E-state index in [2.05, 4.69) is 36.9 Å². The molecule has 2 heterocycles. The zero-order chi connectivity index (χ0) is 32.4. The Morgan fingerprint density at radius 3 is 2.40 bits per heavy atom. The Morgan fingerprint density at radius 1 is 1.09 bits per heavy atom. The Morgan fingerprint density at radius 2 is 1.78 bits per heavy atom. The standard InChI is InChI=1S/C33H28Br2Cl2N2O5S/c1-5-42-32(41)28-18(4)38-33-39(29(28)20-7-10-23(11-8-20)44-17(2)3)31(40)27(45-33)14-19-12-24(34)30(25(35)13-19)43-16-21-6-9-22(36)15-26(21)37/h6-15,17,29H,5,16H2,1-4H3/b27-14-/t29-/m0/s1. The van der Waals surface area contributed by atoms with Gasteiger partial charge in [-0.1, -0.05) is 52.7 Å². The molecule has 1 aliphatic heterocycles. The van der Waals surface area contributed by atoms with Crippen molar-refractivity contribution in [3.63, 3.8) is 0 Å². The van der Waals surface area contributed by atoms with E-state index in [9.17, 15) is 9.59 Å². The lowest BCUT2D eigenvalue weighted by Gasteiger charge is -2.25. The van der Waals surface area contributed by atoms with E-state index in [1.165, 1.54) is 11.3 Å². The molecule has 234 valence electrons. The fourth-order valence-corrected chi connectivity index (χ4v) is 7.81. The summed E-state index contributed by atoms with van der Waals surface area (Å²) < 4.78 is 20.6. The van der Waals surface area contributed by atoms with Crippen LogP contribution in [-0.4, -0.2) is 23.2 Å². The molecule has 5 rings (SSSR count). The summed E-state index contributed by atoms with van der Waals surface area (Å²) in [6.07, 6.45) is 1.80. The number of hydrogen-bond acceptors (Lipinski definition) is 7. The zero-order valence-electron chi connectivity index (χ0n) is 24.7. The van der Waals surface area contributed by atoms with Gasteiger partial charge in [-0.3, -0.25) is 9.36 Å². The lowest BCUT2D eigenvalue weighted by atomic mass is 9.96. The number of carbonyl (C=O) groups is 1. The summed E-state index contributed by atoms with van der Waals surface area (Å²) in [6, 6.07) is 15.6. The highest BCUT2D eigenvalue weighted by Gasteiger charge is 2.33. The van der Waals surface area contributed by atoms with Gasteiger partial charge >= 0.3 is 5.97 Å². The van der Waals surface area contributed by atoms with Crippen molar-refractivity contribution in [3.8, 4) is 11.5 Å². The van der Waals surface area contributed by atoms with Crippen molar-refractivity contribution in [1.82, 2.24) is 4.57 Å². The minimum absolute atomic E-state index is 0.00781. The Kier molecular flexibility index (Phi) is 10.6. The Labute approximate surface area is 291 Å². The fourth-order valence-electron chi connectivity index (χ4n) is 4.85. The van der Waals surface area contributed by atoms with Gasteiger partial charge in [0.05, 0.1) is 43.5 Å². The van der Waals surface area contributed by atoms with Gasteiger partial charge in [-0.25, -0.2) is 9.79 Å². The van der Waals surface area contributed by atoms with Gasteiger partial charge in [-0.15, -0.1) is 0 Å². The van der Waals surface area contributed by atoms with Crippen molar-refractivity contribution < 1.29 is 19.0 Å². The van der Waals surface area contributed by atoms with Gasteiger partial charge in [0, 0.05) is 15.6 Å². The molecular weight excluding hydrogens is 767 g/mol. The number of allylic oxidation sites excluding steroid dienone is 1. The monoisotopic (exact) mass is 792 g/mol. The molecule has 0 spiro atoms. The van der Waals surface area contributed by atoms with Crippen molar-refractivity contribution in [2.24, 2.45) is 4.99 Å². The first kappa shape index (κ1) is 33.5. The van der Waals surface area contributed by atoms with E-state index < -0.39 is 12.0 Å². The van der Waals surface area contributed by atoms with Crippen LogP contribution in [0.3, 0.4) is 0 Å². The summed E-state index contributed by atoms with van der Waals surface area (Å²) >= 11 is 20.8. The number of benzene rings is 3. The number of halogens is 4. The third-order valence-corrected chi connectivity index (χ3v) is 9.54. The third kappa shape index (κ3) is 7.41. The Balaban J connectivity index is 1.53. The maximum atomic E-state index is 14.0. The molecule has 3 aromatic carbocycles. The van der Waals surface area contributed by atoms with Crippen LogP contribution in [0.5, 0.6) is 11.5 Å². The van der Waals surface area contributed by atoms with Crippen LogP contribution in [0, 0.1) is 0 Å². The maximum absolute atomic E-state index is 14.0. The van der Waals surface area contributed by atoms with E-state index in [4.69, 9.17) is 37.4 Å². The number of carbonyl (C=O) groups excluding carboxylic acids is 1. The molecular formula is C33H28Br2Cl2N2O5S. The van der Waals surface area contributed by atoms with Gasteiger partial charge in [0.15, 0.2) is 4.80 Å². The molecule has 0 amide bonds. The van der Waals surface area contributed by atoms with Gasteiger partial charge in [-0.05, 0) is 113 Å². The number of fused-ring (bicyclic) bond motifs is 1. The first-order valence-electron chi connectivity index (χ1n) is 14.0. The highest BCUT2D eigenvalue weighted by molar-refractivity contribution is 9.11. The van der Waals surface area contributed by atoms with Crippen LogP contribution in [0.1, 0.15) is 50.4 Å². The van der Waals surface area contributed by atoms with Crippen molar-refractivity contribution in [3.05, 3.63) is 121 Å². The summed E-state index contributed by atoms with van der Waals surface area (Å²) in [5, 5.41) is 1.06. The molecule has 0 bridgehead atoms. The average Bonchev–Trinajstić information content (AvgIpc) is 3.27. The van der Waals surface area contributed by atoms with Crippen LogP contribution in [-0.2, 0) is 16.1 Å². The molecule has 1 atom stereocenters. The summed E-state index contributed by atoms with van der Waals surface area (Å²) in [5.74, 6) is 0.766. The lowest BCUT2D eigenvalue weighted by molar-refractivity contribution is -0.139. The van der Waals surface area contributed by atoms with E-state index in [1.807, 2.05) is 56.3 Å². The van der Waals surface area contributed by atoms with E-state index in [1.54, 1.807) is 36.6 Å². The zero-order valence-corrected chi connectivity index (χ0v) is 30.2. The average molecular weight is 795 g/mol. The SMILES string of the molecule is CCOC(=O)C1=C(C)N=c2s/c(=C\c3cc(Br)c(OCc4ccc(Cl)cc4Cl)c(Br)c3)c(=O)n2[C@H]1c1ccc(OC(C)C)cc1. The summed E-state index contributed by atoms with van der Waals surface area (Å²) in [4.78, 5) is 32.3. The molecule has 0 N–H and O–H groups in total. The van der Waals surface area contributed by atoms with Crippen LogP contribution < -0.4 is 24.4 Å². The number of hydrogen-bond donors (Lipinski definition) is 0. The second-order valence-electron chi connectivity index (χ2n) is 10.4. The number of ether oxygens (including phenoxy) is 3. The molecule has 0 saturated heterocycles. The molecule has 7 nitrogen and oxygen atoms in total. The van der Waals surface area contributed by atoms with Crippen molar-refractivity contribution in [2.45, 2.75) is 46.4 Å². The molecule has 0 unspecified atom stereocenters. The highest BCUT2D eigenvalue weighted by atomic mass is 79.9. The summed E-state index contributed by atoms with van der Waals surface area (Å²) in [5.41, 5.74) is 2.83. The molecule has 1 aliphatic rings. The summed E-state index contributed by atoms with van der Waals surface area (Å²) in [6.45, 7) is 7.84. The number of rotatable bonds is 9. The van der Waals surface area contributed by atoms with E-state index in [-0.39, 0.29) is 24.9 Å². The van der Waals surface area contributed by atoms with Crippen molar-refractivity contribution in [2.75, 3.05) is 6.61 Å². The normalized spacial score (nSPS) is 14.8. The predicted octanol–water partition coefficient (Wildman–Crippen LogP) is 8.00. The lowest BCUT2D eigenvalue weighted by Crippen LogP contribution is -2.39. The van der Waals surface area contributed by atoms with Crippen LogP contribution in [0.15, 0.2) is 84.6 Å². The van der Waals surface area contributed by atoms with Crippen LogP contribution in [0.2, 0.25) is 10.0 Å². The van der Waals surface area contributed by atoms with Crippen molar-refractivity contribution in [1.29, 1.82) is 0 Å². The van der Waals surface area contributed by atoms with Gasteiger partial charge in [0.1, 0.15) is 18.1 Å². The second kappa shape index (κ2) is 14.3. The van der Waals surface area contributed by atoms with Gasteiger partial charge < -0.3 is 14.2 Å².